The molecule has 0 aliphatic heterocycles. The van der Waals surface area contributed by atoms with Crippen LogP contribution in [0.1, 0.15) is 43.8 Å². The number of ether oxygens (including phenoxy) is 1. The van der Waals surface area contributed by atoms with Crippen molar-refractivity contribution in [3.63, 3.8) is 0 Å². The first-order valence-corrected chi connectivity index (χ1v) is 6.40. The van der Waals surface area contributed by atoms with Gasteiger partial charge >= 0.3 is 0 Å². The van der Waals surface area contributed by atoms with E-state index in [1.165, 1.54) is 37.9 Å². The molecule has 0 spiro atoms. The molecule has 0 unspecified atom stereocenters. The predicted octanol–water partition coefficient (Wildman–Crippen LogP) is 3.39. The highest BCUT2D eigenvalue weighted by molar-refractivity contribution is 5.59. The first-order valence-electron chi connectivity index (χ1n) is 6.40. The minimum absolute atomic E-state index is 0.623. The third kappa shape index (κ3) is 1.79. The molecular formula is C14H18N2O. The molecule has 0 saturated heterocycles. The van der Waals surface area contributed by atoms with Gasteiger partial charge in [0.05, 0.1) is 13.3 Å². The predicted molar refractivity (Wildman–Crippen MR) is 67.6 cm³/mol. The van der Waals surface area contributed by atoms with E-state index in [1.54, 1.807) is 7.11 Å². The average molecular weight is 230 g/mol. The first kappa shape index (κ1) is 10.6. The smallest absolute Gasteiger partial charge is 0.144 e. The lowest BCUT2D eigenvalue weighted by Gasteiger charge is -2.20. The molecule has 2 aromatic heterocycles. The van der Waals surface area contributed by atoms with Crippen molar-refractivity contribution in [3.8, 4) is 5.75 Å². The van der Waals surface area contributed by atoms with Crippen molar-refractivity contribution in [2.24, 2.45) is 0 Å². The summed E-state index contributed by atoms with van der Waals surface area (Å²) in [7, 11) is 1.71. The van der Waals surface area contributed by atoms with E-state index in [2.05, 4.69) is 15.6 Å². The van der Waals surface area contributed by atoms with Crippen molar-refractivity contribution in [3.05, 3.63) is 30.4 Å². The summed E-state index contributed by atoms with van der Waals surface area (Å²) in [5.74, 6) is 2.74. The number of methoxy groups -OCH3 is 1. The lowest BCUT2D eigenvalue weighted by Crippen LogP contribution is -2.08. The Bertz CT molecular complexity index is 512. The Hall–Kier alpha value is -1.51. The summed E-state index contributed by atoms with van der Waals surface area (Å²) in [6.07, 6.45) is 10.6. The standard InChI is InChI=1S/C14H18N2O/c1-17-13-8-5-9-16-12(13)10-15-14(16)11-6-3-2-4-7-11/h5,8-11H,2-4,6-7H2,1H3. The zero-order valence-electron chi connectivity index (χ0n) is 10.2. The minimum atomic E-state index is 0.623. The van der Waals surface area contributed by atoms with Crippen LogP contribution in [0.25, 0.3) is 5.52 Å². The van der Waals surface area contributed by atoms with Crippen LogP contribution in [0.5, 0.6) is 5.75 Å². The third-order valence-electron chi connectivity index (χ3n) is 3.75. The molecule has 0 amide bonds. The molecule has 0 aromatic carbocycles. The van der Waals surface area contributed by atoms with E-state index in [-0.39, 0.29) is 0 Å². The maximum Gasteiger partial charge on any atom is 0.144 e. The highest BCUT2D eigenvalue weighted by atomic mass is 16.5. The Kier molecular flexibility index (Phi) is 2.75. The van der Waals surface area contributed by atoms with E-state index >= 15 is 0 Å². The monoisotopic (exact) mass is 230 g/mol. The molecule has 1 aliphatic rings. The summed E-state index contributed by atoms with van der Waals surface area (Å²) in [5, 5.41) is 0. The molecule has 0 radical (unpaired) electrons. The summed E-state index contributed by atoms with van der Waals surface area (Å²) in [4.78, 5) is 4.61. The van der Waals surface area contributed by atoms with Crippen LogP contribution in [-0.4, -0.2) is 16.5 Å². The number of nitrogens with zero attached hydrogens (tertiary/aromatic N) is 2. The van der Waals surface area contributed by atoms with Crippen LogP contribution >= 0.6 is 0 Å². The fourth-order valence-corrected chi connectivity index (χ4v) is 2.85. The first-order chi connectivity index (χ1) is 8.40. The van der Waals surface area contributed by atoms with E-state index in [0.717, 1.165) is 11.3 Å². The van der Waals surface area contributed by atoms with Crippen molar-refractivity contribution < 1.29 is 4.74 Å². The van der Waals surface area contributed by atoms with Gasteiger partial charge in [0, 0.05) is 12.1 Å². The normalized spacial score (nSPS) is 17.5. The van der Waals surface area contributed by atoms with Crippen molar-refractivity contribution in [1.82, 2.24) is 9.38 Å². The summed E-state index contributed by atoms with van der Waals surface area (Å²) in [6.45, 7) is 0. The van der Waals surface area contributed by atoms with Gasteiger partial charge in [0.1, 0.15) is 17.1 Å². The third-order valence-corrected chi connectivity index (χ3v) is 3.75. The summed E-state index contributed by atoms with van der Waals surface area (Å²) < 4.78 is 7.56. The highest BCUT2D eigenvalue weighted by Gasteiger charge is 2.20. The second-order valence-corrected chi connectivity index (χ2v) is 4.78. The van der Waals surface area contributed by atoms with Gasteiger partial charge < -0.3 is 9.14 Å². The number of rotatable bonds is 2. The molecule has 2 heterocycles. The van der Waals surface area contributed by atoms with Gasteiger partial charge in [-0.15, -0.1) is 0 Å². The molecule has 0 bridgehead atoms. The average Bonchev–Trinajstić information content (AvgIpc) is 2.83. The SMILES string of the molecule is COc1cccn2c(C3CCCCC3)ncc12. The number of imidazole rings is 1. The Labute approximate surface area is 101 Å². The van der Waals surface area contributed by atoms with Gasteiger partial charge in [-0.3, -0.25) is 0 Å². The maximum atomic E-state index is 5.37. The van der Waals surface area contributed by atoms with E-state index in [9.17, 15) is 0 Å². The van der Waals surface area contributed by atoms with Crippen LogP contribution in [0.2, 0.25) is 0 Å². The van der Waals surface area contributed by atoms with Gasteiger partial charge in [-0.2, -0.15) is 0 Å². The van der Waals surface area contributed by atoms with E-state index < -0.39 is 0 Å². The largest absolute Gasteiger partial charge is 0.494 e. The van der Waals surface area contributed by atoms with E-state index in [4.69, 9.17) is 4.74 Å². The lowest BCUT2D eigenvalue weighted by atomic mass is 9.89. The fourth-order valence-electron chi connectivity index (χ4n) is 2.85. The van der Waals surface area contributed by atoms with Crippen molar-refractivity contribution in [2.45, 2.75) is 38.0 Å². The topological polar surface area (TPSA) is 26.5 Å². The van der Waals surface area contributed by atoms with Gasteiger partial charge in [0.15, 0.2) is 0 Å². The van der Waals surface area contributed by atoms with Crippen LogP contribution < -0.4 is 4.74 Å². The molecule has 1 aliphatic carbocycles. The Balaban J connectivity index is 2.05. The second-order valence-electron chi connectivity index (χ2n) is 4.78. The quantitative estimate of drug-likeness (QED) is 0.790. The van der Waals surface area contributed by atoms with Crippen molar-refractivity contribution >= 4 is 5.52 Å². The molecule has 90 valence electrons. The molecule has 0 N–H and O–H groups in total. The van der Waals surface area contributed by atoms with Crippen molar-refractivity contribution in [1.29, 1.82) is 0 Å². The van der Waals surface area contributed by atoms with Gasteiger partial charge in [0.2, 0.25) is 0 Å². The number of pyridine rings is 1. The van der Waals surface area contributed by atoms with Crippen molar-refractivity contribution in [2.75, 3.05) is 7.11 Å². The molecule has 3 nitrogen and oxygen atoms in total. The zero-order chi connectivity index (χ0) is 11.7. The molecule has 17 heavy (non-hydrogen) atoms. The maximum absolute atomic E-state index is 5.37. The molecule has 2 aromatic rings. The summed E-state index contributed by atoms with van der Waals surface area (Å²) in [6, 6.07) is 4.02. The van der Waals surface area contributed by atoms with Gasteiger partial charge in [-0.1, -0.05) is 19.3 Å². The minimum Gasteiger partial charge on any atom is -0.494 e. The molecule has 1 saturated carbocycles. The van der Waals surface area contributed by atoms with Gasteiger partial charge in [-0.25, -0.2) is 4.98 Å². The molecule has 0 atom stereocenters. The Morgan fingerprint density at radius 1 is 1.29 bits per heavy atom. The zero-order valence-corrected chi connectivity index (χ0v) is 10.2. The fraction of sp³-hybridized carbons (Fsp3) is 0.500. The Morgan fingerprint density at radius 2 is 2.12 bits per heavy atom. The van der Waals surface area contributed by atoms with Gasteiger partial charge in [-0.05, 0) is 25.0 Å². The lowest BCUT2D eigenvalue weighted by molar-refractivity contribution is 0.415. The molecule has 1 fully saturated rings. The highest BCUT2D eigenvalue weighted by Crippen LogP contribution is 2.33. The molecule has 3 rings (SSSR count). The second kappa shape index (κ2) is 4.40. The van der Waals surface area contributed by atoms with E-state index in [0.29, 0.717) is 5.92 Å². The number of hydrogen-bond donors (Lipinski definition) is 0. The number of aromatic nitrogens is 2. The summed E-state index contributed by atoms with van der Waals surface area (Å²) >= 11 is 0. The Morgan fingerprint density at radius 3 is 2.88 bits per heavy atom. The van der Waals surface area contributed by atoms with Crippen LogP contribution in [-0.2, 0) is 0 Å². The van der Waals surface area contributed by atoms with Crippen LogP contribution in [0, 0.1) is 0 Å². The van der Waals surface area contributed by atoms with Crippen LogP contribution in [0.3, 0.4) is 0 Å². The summed E-state index contributed by atoms with van der Waals surface area (Å²) in [5.41, 5.74) is 1.08. The molecule has 3 heteroatoms. The number of hydrogen-bond acceptors (Lipinski definition) is 2. The number of fused-ring (bicyclic) bond motifs is 1. The van der Waals surface area contributed by atoms with Crippen LogP contribution in [0.4, 0.5) is 0 Å². The van der Waals surface area contributed by atoms with Crippen LogP contribution in [0.15, 0.2) is 24.5 Å². The van der Waals surface area contributed by atoms with Gasteiger partial charge in [0.25, 0.3) is 0 Å². The van der Waals surface area contributed by atoms with E-state index in [1.807, 2.05) is 18.3 Å². The molecular weight excluding hydrogens is 212 g/mol.